The average Bonchev–Trinajstić information content (AvgIpc) is 2.43. The zero-order chi connectivity index (χ0) is 14.4. The van der Waals surface area contributed by atoms with Gasteiger partial charge in [-0.2, -0.15) is 5.26 Å². The van der Waals surface area contributed by atoms with E-state index in [0.717, 1.165) is 37.2 Å². The van der Waals surface area contributed by atoms with Gasteiger partial charge in [0.1, 0.15) is 5.75 Å². The van der Waals surface area contributed by atoms with Gasteiger partial charge < -0.3 is 9.64 Å². The Morgan fingerprint density at radius 1 is 1.20 bits per heavy atom. The lowest BCUT2D eigenvalue weighted by Crippen LogP contribution is -2.39. The summed E-state index contributed by atoms with van der Waals surface area (Å²) in [6, 6.07) is 9.43. The van der Waals surface area contributed by atoms with Gasteiger partial charge in [-0.15, -0.1) is 0 Å². The van der Waals surface area contributed by atoms with E-state index in [1.165, 1.54) is 19.5 Å². The smallest absolute Gasteiger partial charge is 0.119 e. The van der Waals surface area contributed by atoms with E-state index in [2.05, 4.69) is 24.8 Å². The molecule has 3 heteroatoms. The molecule has 0 saturated carbocycles. The van der Waals surface area contributed by atoms with Gasteiger partial charge in [-0.05, 0) is 48.9 Å². The van der Waals surface area contributed by atoms with E-state index in [9.17, 15) is 0 Å². The second kappa shape index (κ2) is 7.31. The van der Waals surface area contributed by atoms with Crippen LogP contribution in [0.2, 0.25) is 0 Å². The van der Waals surface area contributed by atoms with E-state index in [4.69, 9.17) is 10.00 Å². The molecule has 1 saturated heterocycles. The minimum atomic E-state index is 0.675. The number of nitriles is 1. The van der Waals surface area contributed by atoms with Gasteiger partial charge in [0.15, 0.2) is 0 Å². The molecule has 1 heterocycles. The highest BCUT2D eigenvalue weighted by atomic mass is 16.5. The van der Waals surface area contributed by atoms with Crippen molar-refractivity contribution in [3.05, 3.63) is 29.8 Å². The Morgan fingerprint density at radius 3 is 2.45 bits per heavy atom. The third-order valence-electron chi connectivity index (χ3n) is 3.82. The van der Waals surface area contributed by atoms with Crippen LogP contribution < -0.4 is 4.74 Å². The molecule has 0 aromatic heterocycles. The first kappa shape index (κ1) is 14.9. The van der Waals surface area contributed by atoms with Crippen molar-refractivity contribution in [2.24, 2.45) is 11.8 Å². The standard InChI is InChI=1S/C17H24N2O/c1-14-10-15(2)13-19(12-14)8-3-9-20-17-6-4-16(11-18)5-7-17/h4-7,14-15H,3,8-10,12-13H2,1-2H3/t14-,15-/m0/s1. The van der Waals surface area contributed by atoms with Crippen molar-refractivity contribution in [1.29, 1.82) is 5.26 Å². The largest absolute Gasteiger partial charge is 0.494 e. The number of nitrogens with zero attached hydrogens (tertiary/aromatic N) is 2. The molecule has 3 nitrogen and oxygen atoms in total. The quantitative estimate of drug-likeness (QED) is 0.772. The van der Waals surface area contributed by atoms with Crippen molar-refractivity contribution in [1.82, 2.24) is 4.90 Å². The highest BCUT2D eigenvalue weighted by Crippen LogP contribution is 2.21. The summed E-state index contributed by atoms with van der Waals surface area (Å²) in [4.78, 5) is 2.56. The fourth-order valence-electron chi connectivity index (χ4n) is 3.08. The van der Waals surface area contributed by atoms with Crippen molar-refractivity contribution in [2.45, 2.75) is 26.7 Å². The number of hydrogen-bond acceptors (Lipinski definition) is 3. The molecule has 0 unspecified atom stereocenters. The number of piperidine rings is 1. The Morgan fingerprint density at radius 2 is 1.85 bits per heavy atom. The van der Waals surface area contributed by atoms with Crippen molar-refractivity contribution in [3.8, 4) is 11.8 Å². The first-order valence-corrected chi connectivity index (χ1v) is 7.52. The van der Waals surface area contributed by atoms with Crippen LogP contribution >= 0.6 is 0 Å². The van der Waals surface area contributed by atoms with Crippen molar-refractivity contribution >= 4 is 0 Å². The third kappa shape index (κ3) is 4.54. The van der Waals surface area contributed by atoms with Gasteiger partial charge in [0, 0.05) is 19.6 Å². The SMILES string of the molecule is C[C@H]1C[C@H](C)CN(CCCOc2ccc(C#N)cc2)C1. The van der Waals surface area contributed by atoms with Crippen LogP contribution in [0.1, 0.15) is 32.3 Å². The lowest BCUT2D eigenvalue weighted by molar-refractivity contribution is 0.132. The highest BCUT2D eigenvalue weighted by Gasteiger charge is 2.20. The van der Waals surface area contributed by atoms with Crippen molar-refractivity contribution in [2.75, 3.05) is 26.2 Å². The first-order chi connectivity index (χ1) is 9.67. The molecule has 0 bridgehead atoms. The predicted octanol–water partition coefficient (Wildman–Crippen LogP) is 3.31. The molecule has 1 aromatic carbocycles. The van der Waals surface area contributed by atoms with Crippen LogP contribution in [0.5, 0.6) is 5.75 Å². The van der Waals surface area contributed by atoms with Gasteiger partial charge in [0.05, 0.1) is 18.2 Å². The van der Waals surface area contributed by atoms with Crippen LogP contribution in [0.15, 0.2) is 24.3 Å². The molecule has 1 aromatic rings. The van der Waals surface area contributed by atoms with Crippen LogP contribution in [0.25, 0.3) is 0 Å². The Balaban J connectivity index is 1.67. The Hall–Kier alpha value is -1.53. The highest BCUT2D eigenvalue weighted by molar-refractivity contribution is 5.34. The minimum absolute atomic E-state index is 0.675. The Bertz CT molecular complexity index is 439. The van der Waals surface area contributed by atoms with Gasteiger partial charge >= 0.3 is 0 Å². The molecule has 0 radical (unpaired) electrons. The molecule has 1 aliphatic heterocycles. The summed E-state index contributed by atoms with van der Waals surface area (Å²) >= 11 is 0. The number of ether oxygens (including phenoxy) is 1. The van der Waals surface area contributed by atoms with Crippen LogP contribution in [-0.2, 0) is 0 Å². The van der Waals surface area contributed by atoms with Gasteiger partial charge in [0.2, 0.25) is 0 Å². The molecule has 1 fully saturated rings. The van der Waals surface area contributed by atoms with Crippen LogP contribution in [0, 0.1) is 23.2 Å². The molecular weight excluding hydrogens is 248 g/mol. The summed E-state index contributed by atoms with van der Waals surface area (Å²) in [5.41, 5.74) is 0.675. The normalized spacial score (nSPS) is 23.2. The molecular formula is C17H24N2O. The molecule has 0 spiro atoms. The zero-order valence-corrected chi connectivity index (χ0v) is 12.5. The van der Waals surface area contributed by atoms with Gasteiger partial charge in [-0.3, -0.25) is 0 Å². The lowest BCUT2D eigenvalue weighted by atomic mass is 9.92. The van der Waals surface area contributed by atoms with E-state index in [1.54, 1.807) is 12.1 Å². The van der Waals surface area contributed by atoms with Crippen molar-refractivity contribution < 1.29 is 4.74 Å². The lowest BCUT2D eigenvalue weighted by Gasteiger charge is -2.34. The van der Waals surface area contributed by atoms with Crippen LogP contribution in [0.4, 0.5) is 0 Å². The maximum absolute atomic E-state index is 8.73. The zero-order valence-electron chi connectivity index (χ0n) is 12.5. The molecule has 108 valence electrons. The van der Waals surface area contributed by atoms with E-state index in [1.807, 2.05) is 12.1 Å². The van der Waals surface area contributed by atoms with Crippen LogP contribution in [0.3, 0.4) is 0 Å². The summed E-state index contributed by atoms with van der Waals surface area (Å²) in [5, 5.41) is 8.73. The summed E-state index contributed by atoms with van der Waals surface area (Å²) in [5.74, 6) is 2.49. The van der Waals surface area contributed by atoms with Gasteiger partial charge in [-0.1, -0.05) is 13.8 Å². The van der Waals surface area contributed by atoms with E-state index in [-0.39, 0.29) is 0 Å². The first-order valence-electron chi connectivity index (χ1n) is 7.52. The number of benzene rings is 1. The number of likely N-dealkylation sites (tertiary alicyclic amines) is 1. The van der Waals surface area contributed by atoms with E-state index >= 15 is 0 Å². The van der Waals surface area contributed by atoms with Gasteiger partial charge in [-0.25, -0.2) is 0 Å². The molecule has 20 heavy (non-hydrogen) atoms. The molecule has 0 N–H and O–H groups in total. The summed E-state index contributed by atoms with van der Waals surface area (Å²) in [6.45, 7) is 8.99. The van der Waals surface area contributed by atoms with E-state index in [0.29, 0.717) is 5.56 Å². The fraction of sp³-hybridized carbons (Fsp3) is 0.588. The monoisotopic (exact) mass is 272 g/mol. The molecule has 2 atom stereocenters. The summed E-state index contributed by atoms with van der Waals surface area (Å²) < 4.78 is 5.71. The van der Waals surface area contributed by atoms with E-state index < -0.39 is 0 Å². The van der Waals surface area contributed by atoms with Crippen LogP contribution in [-0.4, -0.2) is 31.1 Å². The average molecular weight is 272 g/mol. The number of hydrogen-bond donors (Lipinski definition) is 0. The predicted molar refractivity (Wildman–Crippen MR) is 80.7 cm³/mol. The van der Waals surface area contributed by atoms with Gasteiger partial charge in [0.25, 0.3) is 0 Å². The number of rotatable bonds is 5. The van der Waals surface area contributed by atoms with Crippen molar-refractivity contribution in [3.63, 3.8) is 0 Å². The summed E-state index contributed by atoms with van der Waals surface area (Å²) in [6.07, 6.45) is 2.41. The summed E-state index contributed by atoms with van der Waals surface area (Å²) in [7, 11) is 0. The Kier molecular flexibility index (Phi) is 5.43. The maximum atomic E-state index is 8.73. The molecule has 0 amide bonds. The third-order valence-corrected chi connectivity index (χ3v) is 3.82. The molecule has 2 rings (SSSR count). The second-order valence-electron chi connectivity index (χ2n) is 6.04. The minimum Gasteiger partial charge on any atom is -0.494 e. The molecule has 1 aliphatic rings. The molecule has 0 aliphatic carbocycles. The Labute approximate surface area is 122 Å². The topological polar surface area (TPSA) is 36.3 Å². The maximum Gasteiger partial charge on any atom is 0.119 e. The second-order valence-corrected chi connectivity index (χ2v) is 6.04. The fourth-order valence-corrected chi connectivity index (χ4v) is 3.08.